The molecule has 0 aromatic heterocycles. The number of halogens is 1. The number of nitrogens with one attached hydrogen (secondary N) is 1. The number of hydrogen-bond donors (Lipinski definition) is 1. The first-order valence-corrected chi connectivity index (χ1v) is 8.57. The van der Waals surface area contributed by atoms with Crippen molar-refractivity contribution in [3.63, 3.8) is 0 Å². The molecule has 0 spiro atoms. The Morgan fingerprint density at radius 1 is 1.12 bits per heavy atom. The highest BCUT2D eigenvalue weighted by molar-refractivity contribution is 9.10. The lowest BCUT2D eigenvalue weighted by molar-refractivity contribution is -0.125. The van der Waals surface area contributed by atoms with Crippen LogP contribution in [0.2, 0.25) is 0 Å². The highest BCUT2D eigenvalue weighted by Gasteiger charge is 2.19. The number of carbonyl (C=O) groups is 2. The van der Waals surface area contributed by atoms with Crippen LogP contribution in [0.1, 0.15) is 17.0 Å². The molecule has 0 fully saturated rings. The molecule has 0 saturated heterocycles. The molecule has 1 amide bonds. The van der Waals surface area contributed by atoms with Gasteiger partial charge in [0.15, 0.2) is 11.5 Å². The maximum Gasteiger partial charge on any atom is 0.234 e. The Morgan fingerprint density at radius 2 is 1.80 bits per heavy atom. The maximum absolute atomic E-state index is 12.3. The smallest absolute Gasteiger partial charge is 0.234 e. The number of benzene rings is 2. The van der Waals surface area contributed by atoms with Crippen molar-refractivity contribution < 1.29 is 19.1 Å². The van der Waals surface area contributed by atoms with E-state index in [9.17, 15) is 9.59 Å². The Hall–Kier alpha value is -2.34. The first-order chi connectivity index (χ1) is 12.1. The molecule has 5 nitrogen and oxygen atoms in total. The fraction of sp³-hybridized carbons (Fsp3) is 0.263. The van der Waals surface area contributed by atoms with Gasteiger partial charge in [0.25, 0.3) is 0 Å². The molecule has 0 aliphatic rings. The first kappa shape index (κ1) is 19.0. The monoisotopic (exact) mass is 405 g/mol. The number of ether oxygens (including phenoxy) is 2. The number of hydrogen-bond acceptors (Lipinski definition) is 4. The van der Waals surface area contributed by atoms with Gasteiger partial charge < -0.3 is 19.6 Å². The largest absolute Gasteiger partial charge is 0.493 e. The predicted molar refractivity (Wildman–Crippen MR) is 99.2 cm³/mol. The minimum absolute atomic E-state index is 0.308. The third-order valence-corrected chi connectivity index (χ3v) is 4.34. The molecule has 1 unspecified atom stereocenters. The average Bonchev–Trinajstić information content (AvgIpc) is 2.63. The third-order valence-electron chi connectivity index (χ3n) is 3.81. The molecule has 6 heteroatoms. The number of rotatable bonds is 8. The fourth-order valence-electron chi connectivity index (χ4n) is 2.44. The molecule has 0 heterocycles. The lowest BCUT2D eigenvalue weighted by Gasteiger charge is -2.13. The minimum Gasteiger partial charge on any atom is -0.493 e. The van der Waals surface area contributed by atoms with Crippen molar-refractivity contribution in [2.24, 2.45) is 0 Å². The summed E-state index contributed by atoms with van der Waals surface area (Å²) in [6.07, 6.45) is 1.28. The van der Waals surface area contributed by atoms with Crippen molar-refractivity contribution in [3.8, 4) is 11.5 Å². The summed E-state index contributed by atoms with van der Waals surface area (Å²) in [7, 11) is 3.16. The van der Waals surface area contributed by atoms with E-state index >= 15 is 0 Å². The molecule has 0 radical (unpaired) electrons. The van der Waals surface area contributed by atoms with E-state index < -0.39 is 5.92 Å². The topological polar surface area (TPSA) is 64.6 Å². The number of amides is 1. The van der Waals surface area contributed by atoms with E-state index in [-0.39, 0.29) is 5.91 Å². The van der Waals surface area contributed by atoms with Crippen LogP contribution in [0, 0.1) is 0 Å². The van der Waals surface area contributed by atoms with Crippen LogP contribution in [0.3, 0.4) is 0 Å². The van der Waals surface area contributed by atoms with Crippen LogP contribution in [0.15, 0.2) is 46.9 Å². The Labute approximate surface area is 155 Å². The molecular formula is C19H20BrNO4. The lowest BCUT2D eigenvalue weighted by Crippen LogP contribution is -2.31. The number of carbonyl (C=O) groups excluding carboxylic acids is 2. The van der Waals surface area contributed by atoms with Crippen LogP contribution in [-0.2, 0) is 16.0 Å². The summed E-state index contributed by atoms with van der Waals surface area (Å²) in [5, 5.41) is 2.81. The van der Waals surface area contributed by atoms with Crippen LogP contribution in [-0.4, -0.2) is 33.0 Å². The summed E-state index contributed by atoms with van der Waals surface area (Å²) in [6.45, 7) is 0.426. The number of aldehydes is 1. The van der Waals surface area contributed by atoms with E-state index in [0.717, 1.165) is 10.0 Å². The second-order valence-corrected chi connectivity index (χ2v) is 6.31. The third kappa shape index (κ3) is 5.06. The summed E-state index contributed by atoms with van der Waals surface area (Å²) in [4.78, 5) is 23.6. The van der Waals surface area contributed by atoms with Crippen molar-refractivity contribution in [2.45, 2.75) is 12.3 Å². The van der Waals surface area contributed by atoms with Gasteiger partial charge in [-0.2, -0.15) is 0 Å². The van der Waals surface area contributed by atoms with Gasteiger partial charge in [-0.05, 0) is 41.8 Å². The van der Waals surface area contributed by atoms with Gasteiger partial charge in [-0.1, -0.05) is 34.1 Å². The standard InChI is InChI=1S/C19H20BrNO4/c1-24-17-8-3-13(11-18(17)25-2)9-10-21-19(23)16(12-22)14-4-6-15(20)7-5-14/h3-8,11-12,16H,9-10H2,1-2H3,(H,21,23). The average molecular weight is 406 g/mol. The van der Waals surface area contributed by atoms with E-state index in [2.05, 4.69) is 21.2 Å². The van der Waals surface area contributed by atoms with Crippen molar-refractivity contribution in [2.75, 3.05) is 20.8 Å². The second-order valence-electron chi connectivity index (χ2n) is 5.40. The predicted octanol–water partition coefficient (Wildman–Crippen LogP) is 3.11. The van der Waals surface area contributed by atoms with Gasteiger partial charge in [-0.25, -0.2) is 0 Å². The quantitative estimate of drug-likeness (QED) is 0.541. The zero-order valence-corrected chi connectivity index (χ0v) is 15.7. The van der Waals surface area contributed by atoms with Crippen LogP contribution in [0.25, 0.3) is 0 Å². The van der Waals surface area contributed by atoms with Gasteiger partial charge >= 0.3 is 0 Å². The van der Waals surface area contributed by atoms with Gasteiger partial charge in [0.1, 0.15) is 12.2 Å². The van der Waals surface area contributed by atoms with Crippen molar-refractivity contribution >= 4 is 28.1 Å². The Kier molecular flexibility index (Phi) is 7.01. The Morgan fingerprint density at radius 3 is 2.40 bits per heavy atom. The zero-order chi connectivity index (χ0) is 18.2. The highest BCUT2D eigenvalue weighted by atomic mass is 79.9. The Balaban J connectivity index is 1.95. The van der Waals surface area contributed by atoms with Gasteiger partial charge in [-0.15, -0.1) is 0 Å². The van der Waals surface area contributed by atoms with Crippen LogP contribution >= 0.6 is 15.9 Å². The summed E-state index contributed by atoms with van der Waals surface area (Å²) in [5.74, 6) is 0.190. The molecule has 0 aliphatic carbocycles. The molecule has 2 aromatic carbocycles. The molecule has 25 heavy (non-hydrogen) atoms. The van der Waals surface area contributed by atoms with Gasteiger partial charge in [0, 0.05) is 11.0 Å². The molecular weight excluding hydrogens is 386 g/mol. The molecule has 0 saturated carbocycles. The van der Waals surface area contributed by atoms with E-state index in [1.807, 2.05) is 30.3 Å². The summed E-state index contributed by atoms with van der Waals surface area (Å²) < 4.78 is 11.4. The van der Waals surface area contributed by atoms with E-state index in [1.165, 1.54) is 0 Å². The van der Waals surface area contributed by atoms with Crippen LogP contribution in [0.4, 0.5) is 0 Å². The molecule has 1 N–H and O–H groups in total. The van der Waals surface area contributed by atoms with E-state index in [1.54, 1.807) is 26.4 Å². The second kappa shape index (κ2) is 9.22. The van der Waals surface area contributed by atoms with Gasteiger partial charge in [-0.3, -0.25) is 4.79 Å². The van der Waals surface area contributed by atoms with Gasteiger partial charge in [0.05, 0.1) is 14.2 Å². The van der Waals surface area contributed by atoms with Crippen LogP contribution < -0.4 is 14.8 Å². The molecule has 0 aliphatic heterocycles. The molecule has 2 aromatic rings. The summed E-state index contributed by atoms with van der Waals surface area (Å²) >= 11 is 3.34. The van der Waals surface area contributed by atoms with Crippen LogP contribution in [0.5, 0.6) is 11.5 Å². The van der Waals surface area contributed by atoms with Crippen molar-refractivity contribution in [3.05, 3.63) is 58.1 Å². The molecule has 2 rings (SSSR count). The highest BCUT2D eigenvalue weighted by Crippen LogP contribution is 2.27. The molecule has 1 atom stereocenters. The normalized spacial score (nSPS) is 11.5. The minimum atomic E-state index is -0.807. The summed E-state index contributed by atoms with van der Waals surface area (Å²) in [5.41, 5.74) is 1.67. The maximum atomic E-state index is 12.3. The first-order valence-electron chi connectivity index (χ1n) is 7.78. The van der Waals surface area contributed by atoms with E-state index in [4.69, 9.17) is 9.47 Å². The van der Waals surface area contributed by atoms with E-state index in [0.29, 0.717) is 36.3 Å². The SMILES string of the molecule is COc1ccc(CCNC(=O)C(C=O)c2ccc(Br)cc2)cc1OC. The fourth-order valence-corrected chi connectivity index (χ4v) is 2.70. The molecule has 132 valence electrons. The summed E-state index contributed by atoms with van der Waals surface area (Å²) in [6, 6.07) is 12.8. The Bertz CT molecular complexity index is 731. The van der Waals surface area contributed by atoms with Crippen molar-refractivity contribution in [1.82, 2.24) is 5.32 Å². The van der Waals surface area contributed by atoms with Crippen molar-refractivity contribution in [1.29, 1.82) is 0 Å². The number of methoxy groups -OCH3 is 2. The molecule has 0 bridgehead atoms. The lowest BCUT2D eigenvalue weighted by atomic mass is 10.00. The zero-order valence-electron chi connectivity index (χ0n) is 14.1. The van der Waals surface area contributed by atoms with Gasteiger partial charge in [0.2, 0.25) is 5.91 Å².